The number of nitrogens with one attached hydrogen (secondary N) is 1. The molecule has 8 nitrogen and oxygen atoms in total. The molecular weight excluding hydrogens is 378 g/mol. The molecule has 0 radical (unpaired) electrons. The number of aryl methyl sites for hydroxylation is 1. The first kappa shape index (κ1) is 19.2. The summed E-state index contributed by atoms with van der Waals surface area (Å²) in [6.45, 7) is 0. The van der Waals surface area contributed by atoms with Gasteiger partial charge in [0.1, 0.15) is 11.0 Å². The van der Waals surface area contributed by atoms with Crippen molar-refractivity contribution >= 4 is 16.0 Å². The van der Waals surface area contributed by atoms with Crippen LogP contribution in [0, 0.1) is 0 Å². The van der Waals surface area contributed by atoms with Gasteiger partial charge in [-0.3, -0.25) is 4.68 Å². The van der Waals surface area contributed by atoms with E-state index in [1.165, 1.54) is 36.3 Å². The predicted octanol–water partition coefficient (Wildman–Crippen LogP) is 3.38. The Morgan fingerprint density at radius 2 is 1.79 bits per heavy atom. The van der Waals surface area contributed by atoms with Crippen LogP contribution in [0.4, 0.5) is 5.95 Å². The van der Waals surface area contributed by atoms with E-state index in [4.69, 9.17) is 4.74 Å². The molecule has 1 N–H and O–H groups in total. The van der Waals surface area contributed by atoms with Gasteiger partial charge in [-0.1, -0.05) is 19.3 Å². The van der Waals surface area contributed by atoms with Crippen LogP contribution < -0.4 is 9.46 Å². The molecular formula is C19H27N5O3S. The first-order chi connectivity index (χ1) is 13.5. The van der Waals surface area contributed by atoms with Gasteiger partial charge in [0.05, 0.1) is 11.9 Å². The fraction of sp³-hybridized carbons (Fsp3) is 0.632. The summed E-state index contributed by atoms with van der Waals surface area (Å²) < 4.78 is 35.4. The van der Waals surface area contributed by atoms with Gasteiger partial charge < -0.3 is 4.74 Å². The number of hydrogen-bond acceptors (Lipinski definition) is 6. The summed E-state index contributed by atoms with van der Waals surface area (Å²) in [6, 6.07) is 1.90. The number of anilines is 1. The maximum atomic E-state index is 12.7. The normalized spacial score (nSPS) is 19.0. The molecule has 0 atom stereocenters. The van der Waals surface area contributed by atoms with E-state index in [0.29, 0.717) is 11.8 Å². The van der Waals surface area contributed by atoms with Crippen molar-refractivity contribution in [3.8, 4) is 5.88 Å². The fourth-order valence-electron chi connectivity index (χ4n) is 4.05. The van der Waals surface area contributed by atoms with Crippen LogP contribution in [0.15, 0.2) is 23.4 Å². The van der Waals surface area contributed by atoms with Crippen LogP contribution in [-0.2, 0) is 17.1 Å². The molecule has 4 rings (SSSR count). The Kier molecular flexibility index (Phi) is 5.52. The smallest absolute Gasteiger partial charge is 0.267 e. The second-order valence-corrected chi connectivity index (χ2v) is 9.45. The fourth-order valence-corrected chi connectivity index (χ4v) is 4.98. The topological polar surface area (TPSA) is 99.0 Å². The minimum Gasteiger partial charge on any atom is -0.474 e. The summed E-state index contributed by atoms with van der Waals surface area (Å²) in [5.41, 5.74) is 0.863. The van der Waals surface area contributed by atoms with E-state index in [-0.39, 0.29) is 16.9 Å². The van der Waals surface area contributed by atoms with Crippen molar-refractivity contribution in [1.29, 1.82) is 0 Å². The highest BCUT2D eigenvalue weighted by Gasteiger charge is 2.24. The zero-order valence-corrected chi connectivity index (χ0v) is 17.0. The van der Waals surface area contributed by atoms with Crippen LogP contribution in [0.2, 0.25) is 0 Å². The number of aromatic nitrogens is 4. The zero-order chi connectivity index (χ0) is 19.6. The van der Waals surface area contributed by atoms with Crippen LogP contribution in [-0.4, -0.2) is 34.3 Å². The van der Waals surface area contributed by atoms with Crippen molar-refractivity contribution in [2.45, 2.75) is 74.7 Å². The molecule has 2 aromatic heterocycles. The van der Waals surface area contributed by atoms with E-state index in [1.807, 2.05) is 6.07 Å². The number of ether oxygens (including phenoxy) is 1. The van der Waals surface area contributed by atoms with E-state index in [2.05, 4.69) is 19.8 Å². The first-order valence-electron chi connectivity index (χ1n) is 10.1. The van der Waals surface area contributed by atoms with Crippen molar-refractivity contribution in [3.63, 3.8) is 0 Å². The molecule has 2 saturated carbocycles. The van der Waals surface area contributed by atoms with E-state index in [1.54, 1.807) is 7.05 Å². The lowest BCUT2D eigenvalue weighted by Crippen LogP contribution is -2.21. The molecule has 28 heavy (non-hydrogen) atoms. The highest BCUT2D eigenvalue weighted by atomic mass is 32.2. The number of hydrogen-bond donors (Lipinski definition) is 1. The van der Waals surface area contributed by atoms with Crippen molar-refractivity contribution in [1.82, 2.24) is 19.7 Å². The molecule has 0 amide bonds. The molecule has 0 aliphatic heterocycles. The zero-order valence-electron chi connectivity index (χ0n) is 16.2. The van der Waals surface area contributed by atoms with Gasteiger partial charge in [-0.25, -0.2) is 18.1 Å². The SMILES string of the molecule is Cn1cc(S(=O)(=O)Nc2nc(OC3CCCCC3)cc(C3CCCC3)n2)cn1. The van der Waals surface area contributed by atoms with E-state index in [9.17, 15) is 8.42 Å². The van der Waals surface area contributed by atoms with Crippen molar-refractivity contribution < 1.29 is 13.2 Å². The van der Waals surface area contributed by atoms with E-state index < -0.39 is 10.0 Å². The molecule has 152 valence electrons. The minimum atomic E-state index is -3.80. The summed E-state index contributed by atoms with van der Waals surface area (Å²) in [6.07, 6.45) is 13.0. The first-order valence-corrected chi connectivity index (χ1v) is 11.5. The van der Waals surface area contributed by atoms with E-state index >= 15 is 0 Å². The van der Waals surface area contributed by atoms with Gasteiger partial charge in [0, 0.05) is 25.2 Å². The maximum Gasteiger partial charge on any atom is 0.267 e. The molecule has 9 heteroatoms. The van der Waals surface area contributed by atoms with Crippen LogP contribution in [0.25, 0.3) is 0 Å². The van der Waals surface area contributed by atoms with Gasteiger partial charge >= 0.3 is 0 Å². The second kappa shape index (κ2) is 8.06. The average molecular weight is 406 g/mol. The van der Waals surface area contributed by atoms with Crippen molar-refractivity contribution in [2.24, 2.45) is 7.05 Å². The Hall–Kier alpha value is -2.16. The summed E-state index contributed by atoms with van der Waals surface area (Å²) in [7, 11) is -2.12. The van der Waals surface area contributed by atoms with Crippen LogP contribution >= 0.6 is 0 Å². The largest absolute Gasteiger partial charge is 0.474 e. The van der Waals surface area contributed by atoms with Crippen molar-refractivity contribution in [2.75, 3.05) is 4.72 Å². The molecule has 2 fully saturated rings. The molecule has 2 aromatic rings. The predicted molar refractivity (Wildman–Crippen MR) is 105 cm³/mol. The Bertz CT molecular complexity index is 915. The van der Waals surface area contributed by atoms with Crippen LogP contribution in [0.3, 0.4) is 0 Å². The lowest BCUT2D eigenvalue weighted by atomic mass is 9.98. The third kappa shape index (κ3) is 4.45. The summed E-state index contributed by atoms with van der Waals surface area (Å²) in [5.74, 6) is 0.866. The van der Waals surface area contributed by atoms with Gasteiger partial charge in [0.15, 0.2) is 0 Å². The summed E-state index contributed by atoms with van der Waals surface area (Å²) in [4.78, 5) is 8.97. The summed E-state index contributed by atoms with van der Waals surface area (Å²) in [5, 5.41) is 3.93. The molecule has 2 aliphatic carbocycles. The number of nitrogens with zero attached hydrogens (tertiary/aromatic N) is 4. The molecule has 0 aromatic carbocycles. The Labute approximate surface area is 165 Å². The van der Waals surface area contributed by atoms with Crippen LogP contribution in [0.5, 0.6) is 5.88 Å². The van der Waals surface area contributed by atoms with E-state index in [0.717, 1.165) is 44.2 Å². The maximum absolute atomic E-state index is 12.7. The van der Waals surface area contributed by atoms with Crippen molar-refractivity contribution in [3.05, 3.63) is 24.2 Å². The highest BCUT2D eigenvalue weighted by molar-refractivity contribution is 7.92. The van der Waals surface area contributed by atoms with Crippen LogP contribution in [0.1, 0.15) is 69.4 Å². The number of sulfonamides is 1. The van der Waals surface area contributed by atoms with Gasteiger partial charge in [-0.05, 0) is 38.5 Å². The molecule has 2 heterocycles. The Balaban J connectivity index is 1.61. The quantitative estimate of drug-likeness (QED) is 0.791. The monoisotopic (exact) mass is 405 g/mol. The molecule has 0 bridgehead atoms. The second-order valence-electron chi connectivity index (χ2n) is 7.77. The van der Waals surface area contributed by atoms with Gasteiger partial charge in [-0.2, -0.15) is 10.1 Å². The Morgan fingerprint density at radius 3 is 2.46 bits per heavy atom. The third-order valence-electron chi connectivity index (χ3n) is 5.55. The molecule has 0 spiro atoms. The third-order valence-corrected chi connectivity index (χ3v) is 6.84. The average Bonchev–Trinajstić information content (AvgIpc) is 3.34. The standard InChI is InChI=1S/C19H27N5O3S/c1-24-13-16(12-20-24)28(25,26)23-19-21-17(14-7-5-6-8-14)11-18(22-19)27-15-9-3-2-4-10-15/h11-15H,2-10H2,1H3,(H,21,22,23). The lowest BCUT2D eigenvalue weighted by Gasteiger charge is -2.23. The minimum absolute atomic E-state index is 0.0686. The molecule has 0 unspecified atom stereocenters. The number of rotatable bonds is 6. The highest BCUT2D eigenvalue weighted by Crippen LogP contribution is 2.35. The van der Waals surface area contributed by atoms with Gasteiger partial charge in [-0.15, -0.1) is 0 Å². The summed E-state index contributed by atoms with van der Waals surface area (Å²) >= 11 is 0. The van der Waals surface area contributed by atoms with Gasteiger partial charge in [0.25, 0.3) is 10.0 Å². The van der Waals surface area contributed by atoms with Gasteiger partial charge in [0.2, 0.25) is 11.8 Å². The lowest BCUT2D eigenvalue weighted by molar-refractivity contribution is 0.148. The Morgan fingerprint density at radius 1 is 1.07 bits per heavy atom. The molecule has 2 aliphatic rings. The molecule has 0 saturated heterocycles.